The molecule has 0 radical (unpaired) electrons. The summed E-state index contributed by atoms with van der Waals surface area (Å²) in [5, 5.41) is 3.65. The summed E-state index contributed by atoms with van der Waals surface area (Å²) in [5.41, 5.74) is 0.578. The normalized spacial score (nSPS) is 19.3. The summed E-state index contributed by atoms with van der Waals surface area (Å²) in [4.78, 5) is 14.4. The van der Waals surface area contributed by atoms with Gasteiger partial charge < -0.3 is 10.2 Å². The van der Waals surface area contributed by atoms with E-state index in [0.29, 0.717) is 10.6 Å². The van der Waals surface area contributed by atoms with Crippen LogP contribution in [-0.4, -0.2) is 37.0 Å². The van der Waals surface area contributed by atoms with Crippen molar-refractivity contribution in [2.45, 2.75) is 18.9 Å². The fourth-order valence-electron chi connectivity index (χ4n) is 2.37. The second kappa shape index (κ2) is 6.04. The maximum atomic E-state index is 12.5. The maximum absolute atomic E-state index is 12.5. The van der Waals surface area contributed by atoms with Gasteiger partial charge in [-0.3, -0.25) is 4.79 Å². The van der Waals surface area contributed by atoms with E-state index in [2.05, 4.69) is 21.2 Å². The molecule has 1 aromatic rings. The van der Waals surface area contributed by atoms with Crippen LogP contribution >= 0.6 is 27.5 Å². The summed E-state index contributed by atoms with van der Waals surface area (Å²) in [6.07, 6.45) is 2.11. The molecule has 1 saturated heterocycles. The lowest BCUT2D eigenvalue weighted by molar-refractivity contribution is 0.0737. The first-order valence-corrected chi connectivity index (χ1v) is 7.21. The first-order chi connectivity index (χ1) is 8.63. The summed E-state index contributed by atoms with van der Waals surface area (Å²) >= 11 is 9.49. The van der Waals surface area contributed by atoms with Gasteiger partial charge in [-0.25, -0.2) is 0 Å². The van der Waals surface area contributed by atoms with Crippen LogP contribution in [0.5, 0.6) is 0 Å². The predicted molar refractivity (Wildman–Crippen MR) is 77.1 cm³/mol. The van der Waals surface area contributed by atoms with Crippen molar-refractivity contribution in [2.24, 2.45) is 0 Å². The zero-order valence-electron chi connectivity index (χ0n) is 10.2. The summed E-state index contributed by atoms with van der Waals surface area (Å²) in [6.45, 7) is 1.64. The Bertz CT molecular complexity index is 453. The molecule has 2 rings (SSSR count). The van der Waals surface area contributed by atoms with Gasteiger partial charge in [0.1, 0.15) is 0 Å². The molecule has 3 nitrogen and oxygen atoms in total. The molecule has 0 aromatic heterocycles. The number of benzene rings is 1. The molecule has 1 atom stereocenters. The summed E-state index contributed by atoms with van der Waals surface area (Å²) < 4.78 is 0.875. The molecule has 1 aliphatic rings. The smallest absolute Gasteiger partial charge is 0.255 e. The van der Waals surface area contributed by atoms with Crippen molar-refractivity contribution in [1.82, 2.24) is 10.2 Å². The molecule has 98 valence electrons. The third kappa shape index (κ3) is 2.87. The second-order valence-electron chi connectivity index (χ2n) is 4.48. The van der Waals surface area contributed by atoms with Crippen molar-refractivity contribution in [3.8, 4) is 0 Å². The van der Waals surface area contributed by atoms with E-state index in [1.54, 1.807) is 12.1 Å². The topological polar surface area (TPSA) is 32.3 Å². The van der Waals surface area contributed by atoms with E-state index < -0.39 is 0 Å². The van der Waals surface area contributed by atoms with Crippen molar-refractivity contribution in [3.05, 3.63) is 33.3 Å². The number of nitrogens with zero attached hydrogens (tertiary/aromatic N) is 1. The number of carbonyl (C=O) groups is 1. The molecule has 1 fully saturated rings. The van der Waals surface area contributed by atoms with Crippen LogP contribution in [0.4, 0.5) is 0 Å². The molecule has 5 heteroatoms. The van der Waals surface area contributed by atoms with Gasteiger partial charge in [0.2, 0.25) is 0 Å². The minimum absolute atomic E-state index is 0.0269. The van der Waals surface area contributed by atoms with E-state index in [0.717, 1.165) is 30.4 Å². The predicted octanol–water partition coefficient (Wildman–Crippen LogP) is 2.93. The van der Waals surface area contributed by atoms with Crippen LogP contribution in [0.1, 0.15) is 23.2 Å². The first kappa shape index (κ1) is 13.8. The lowest BCUT2D eigenvalue weighted by Gasteiger charge is -2.25. The van der Waals surface area contributed by atoms with Crippen LogP contribution in [0.15, 0.2) is 22.7 Å². The minimum Gasteiger partial charge on any atom is -0.334 e. The molecule has 1 amide bonds. The quantitative estimate of drug-likeness (QED) is 0.923. The van der Waals surface area contributed by atoms with Gasteiger partial charge in [-0.15, -0.1) is 0 Å². The van der Waals surface area contributed by atoms with Crippen LogP contribution in [0, 0.1) is 0 Å². The molecule has 1 aliphatic heterocycles. The number of likely N-dealkylation sites (N-methyl/N-ethyl adjacent to an activating group) is 1. The summed E-state index contributed by atoms with van der Waals surface area (Å²) in [7, 11) is 1.91. The Morgan fingerprint density at radius 1 is 1.61 bits per heavy atom. The van der Waals surface area contributed by atoms with Gasteiger partial charge in [-0.2, -0.15) is 0 Å². The summed E-state index contributed by atoms with van der Waals surface area (Å²) in [6, 6.07) is 5.66. The Kier molecular flexibility index (Phi) is 4.65. The Morgan fingerprint density at radius 3 is 3.11 bits per heavy atom. The molecule has 18 heavy (non-hydrogen) atoms. The van der Waals surface area contributed by atoms with Crippen LogP contribution in [0.3, 0.4) is 0 Å². The minimum atomic E-state index is 0.0269. The van der Waals surface area contributed by atoms with Gasteiger partial charge in [0.15, 0.2) is 0 Å². The van der Waals surface area contributed by atoms with Gasteiger partial charge >= 0.3 is 0 Å². The SMILES string of the molecule is CNC[C@@H]1CCCN1C(=O)c1cc(Br)ccc1Cl. The molecular formula is C13H16BrClN2O. The Hall–Kier alpha value is -0.580. The average molecular weight is 332 g/mol. The van der Waals surface area contributed by atoms with Gasteiger partial charge in [0, 0.05) is 23.6 Å². The number of halogens is 2. The van der Waals surface area contributed by atoms with Crippen molar-refractivity contribution in [2.75, 3.05) is 20.1 Å². The number of hydrogen-bond acceptors (Lipinski definition) is 2. The Morgan fingerprint density at radius 2 is 2.39 bits per heavy atom. The molecule has 0 saturated carbocycles. The van der Waals surface area contributed by atoms with E-state index >= 15 is 0 Å². The van der Waals surface area contributed by atoms with E-state index in [-0.39, 0.29) is 11.9 Å². The average Bonchev–Trinajstić information content (AvgIpc) is 2.80. The molecule has 1 N–H and O–H groups in total. The zero-order valence-corrected chi connectivity index (χ0v) is 12.6. The Balaban J connectivity index is 2.22. The highest BCUT2D eigenvalue weighted by Gasteiger charge is 2.29. The molecule has 0 aliphatic carbocycles. The van der Waals surface area contributed by atoms with E-state index in [4.69, 9.17) is 11.6 Å². The van der Waals surface area contributed by atoms with Crippen LogP contribution in [0.25, 0.3) is 0 Å². The number of amides is 1. The molecule has 1 heterocycles. The highest BCUT2D eigenvalue weighted by atomic mass is 79.9. The van der Waals surface area contributed by atoms with E-state index in [9.17, 15) is 4.79 Å². The van der Waals surface area contributed by atoms with Gasteiger partial charge in [0.25, 0.3) is 5.91 Å². The van der Waals surface area contributed by atoms with E-state index in [1.165, 1.54) is 0 Å². The first-order valence-electron chi connectivity index (χ1n) is 6.04. The third-order valence-corrected chi connectivity index (χ3v) is 4.06. The largest absolute Gasteiger partial charge is 0.334 e. The van der Waals surface area contributed by atoms with Crippen molar-refractivity contribution in [3.63, 3.8) is 0 Å². The molecule has 0 bridgehead atoms. The van der Waals surface area contributed by atoms with Crippen molar-refractivity contribution in [1.29, 1.82) is 0 Å². The van der Waals surface area contributed by atoms with Gasteiger partial charge in [-0.1, -0.05) is 27.5 Å². The monoisotopic (exact) mass is 330 g/mol. The van der Waals surface area contributed by atoms with Gasteiger partial charge in [-0.05, 0) is 38.1 Å². The third-order valence-electron chi connectivity index (χ3n) is 3.24. The van der Waals surface area contributed by atoms with Crippen molar-refractivity contribution < 1.29 is 4.79 Å². The molecular weight excluding hydrogens is 316 g/mol. The van der Waals surface area contributed by atoms with Crippen molar-refractivity contribution >= 4 is 33.4 Å². The highest BCUT2D eigenvalue weighted by Crippen LogP contribution is 2.26. The number of likely N-dealkylation sites (tertiary alicyclic amines) is 1. The lowest BCUT2D eigenvalue weighted by atomic mass is 10.1. The lowest BCUT2D eigenvalue weighted by Crippen LogP contribution is -2.40. The number of hydrogen-bond donors (Lipinski definition) is 1. The number of carbonyl (C=O) groups excluding carboxylic acids is 1. The Labute approximate surface area is 121 Å². The highest BCUT2D eigenvalue weighted by molar-refractivity contribution is 9.10. The zero-order chi connectivity index (χ0) is 13.1. The fourth-order valence-corrected chi connectivity index (χ4v) is 2.93. The summed E-state index contributed by atoms with van der Waals surface area (Å²) in [5.74, 6) is 0.0269. The fraction of sp³-hybridized carbons (Fsp3) is 0.462. The molecule has 0 unspecified atom stereocenters. The number of nitrogens with one attached hydrogen (secondary N) is 1. The molecule has 1 aromatic carbocycles. The maximum Gasteiger partial charge on any atom is 0.255 e. The number of rotatable bonds is 3. The molecule has 0 spiro atoms. The second-order valence-corrected chi connectivity index (χ2v) is 5.80. The van der Waals surface area contributed by atoms with Crippen LogP contribution < -0.4 is 5.32 Å². The van der Waals surface area contributed by atoms with E-state index in [1.807, 2.05) is 18.0 Å². The standard InChI is InChI=1S/C13H16BrClN2O/c1-16-8-10-3-2-6-17(10)13(18)11-7-9(14)4-5-12(11)15/h4-5,7,10,16H,2-3,6,8H2,1H3/t10-/m0/s1. The van der Waals surface area contributed by atoms with Crippen LogP contribution in [0.2, 0.25) is 5.02 Å². The van der Waals surface area contributed by atoms with Gasteiger partial charge in [0.05, 0.1) is 10.6 Å². The van der Waals surface area contributed by atoms with Crippen LogP contribution in [-0.2, 0) is 0 Å².